The first-order valence-corrected chi connectivity index (χ1v) is 4.96. The minimum atomic E-state index is -0.0545. The summed E-state index contributed by atoms with van der Waals surface area (Å²) in [5.41, 5.74) is 0.797. The van der Waals surface area contributed by atoms with Crippen LogP contribution < -0.4 is 5.56 Å². The highest BCUT2D eigenvalue weighted by Crippen LogP contribution is 2.13. The van der Waals surface area contributed by atoms with Crippen LogP contribution in [0.2, 0.25) is 0 Å². The summed E-state index contributed by atoms with van der Waals surface area (Å²) in [6.45, 7) is 0. The maximum absolute atomic E-state index is 11.9. The van der Waals surface area contributed by atoms with Gasteiger partial charge in [-0.2, -0.15) is 0 Å². The van der Waals surface area contributed by atoms with Gasteiger partial charge in [0.05, 0.1) is 5.52 Å². The van der Waals surface area contributed by atoms with E-state index < -0.39 is 0 Å². The number of rotatable bonds is 1. The maximum Gasteiger partial charge on any atom is 0.256 e. The van der Waals surface area contributed by atoms with E-state index in [1.54, 1.807) is 35.3 Å². The van der Waals surface area contributed by atoms with Gasteiger partial charge in [0.25, 0.3) is 5.56 Å². The van der Waals surface area contributed by atoms with Crippen LogP contribution in [0, 0.1) is 0 Å². The molecule has 0 spiro atoms. The molecule has 0 aromatic carbocycles. The minimum Gasteiger partial charge on any atom is -0.348 e. The molecule has 0 radical (unpaired) electrons. The van der Waals surface area contributed by atoms with Crippen molar-refractivity contribution in [3.8, 4) is 5.82 Å². The Kier molecular flexibility index (Phi) is 1.86. The Morgan fingerprint density at radius 1 is 1.19 bits per heavy atom. The zero-order chi connectivity index (χ0) is 11.0. The molecule has 3 heterocycles. The summed E-state index contributed by atoms with van der Waals surface area (Å²) in [5.74, 6) is 0.766. The van der Waals surface area contributed by atoms with Crippen molar-refractivity contribution in [2.24, 2.45) is 0 Å². The largest absolute Gasteiger partial charge is 0.348 e. The third-order valence-electron chi connectivity index (χ3n) is 2.52. The van der Waals surface area contributed by atoms with E-state index in [9.17, 15) is 4.79 Å². The lowest BCUT2D eigenvalue weighted by atomic mass is 10.2. The fourth-order valence-electron chi connectivity index (χ4n) is 1.79. The first-order valence-electron chi connectivity index (χ1n) is 4.96. The van der Waals surface area contributed by atoms with Gasteiger partial charge in [0.1, 0.15) is 5.82 Å². The highest BCUT2D eigenvalue weighted by molar-refractivity contribution is 5.79. The molecule has 0 aliphatic carbocycles. The van der Waals surface area contributed by atoms with Gasteiger partial charge in [0.2, 0.25) is 0 Å². The minimum absolute atomic E-state index is 0.0545. The Balaban J connectivity index is 2.47. The van der Waals surface area contributed by atoms with Gasteiger partial charge in [0, 0.05) is 30.0 Å². The number of nitrogens with one attached hydrogen (secondary N) is 1. The highest BCUT2D eigenvalue weighted by Gasteiger charge is 2.04. The Morgan fingerprint density at radius 3 is 2.94 bits per heavy atom. The van der Waals surface area contributed by atoms with Crippen LogP contribution in [-0.2, 0) is 0 Å². The molecule has 0 fully saturated rings. The number of fused-ring (bicyclic) bond motifs is 1. The average molecular weight is 211 g/mol. The van der Waals surface area contributed by atoms with E-state index in [1.807, 2.05) is 18.2 Å². The van der Waals surface area contributed by atoms with E-state index in [4.69, 9.17) is 0 Å². The lowest BCUT2D eigenvalue weighted by molar-refractivity contribution is 0.998. The number of hydrogen-bond donors (Lipinski definition) is 1. The molecular weight excluding hydrogens is 202 g/mol. The monoisotopic (exact) mass is 211 g/mol. The lowest BCUT2D eigenvalue weighted by Crippen LogP contribution is -2.17. The van der Waals surface area contributed by atoms with Gasteiger partial charge in [-0.3, -0.25) is 14.3 Å². The first kappa shape index (κ1) is 8.91. The normalized spacial score (nSPS) is 10.8. The molecule has 0 atom stereocenters. The number of hydrogen-bond acceptors (Lipinski definition) is 2. The Hall–Kier alpha value is -2.36. The van der Waals surface area contributed by atoms with Gasteiger partial charge in [0.15, 0.2) is 0 Å². The maximum atomic E-state index is 11.9. The predicted octanol–water partition coefficient (Wildman–Crippen LogP) is 1.71. The lowest BCUT2D eigenvalue weighted by Gasteiger charge is -2.06. The molecule has 0 aliphatic rings. The molecule has 0 amide bonds. The van der Waals surface area contributed by atoms with E-state index in [-0.39, 0.29) is 5.56 Å². The van der Waals surface area contributed by atoms with Crippen molar-refractivity contribution in [2.75, 3.05) is 0 Å². The topological polar surface area (TPSA) is 50.7 Å². The number of aromatic amines is 1. The molecule has 0 saturated heterocycles. The van der Waals surface area contributed by atoms with Crippen molar-refractivity contribution >= 4 is 10.9 Å². The molecule has 3 aromatic heterocycles. The Labute approximate surface area is 91.2 Å². The van der Waals surface area contributed by atoms with Crippen LogP contribution in [0.3, 0.4) is 0 Å². The molecule has 0 aliphatic heterocycles. The number of nitrogens with zero attached hydrogens (tertiary/aromatic N) is 2. The fourth-order valence-corrected chi connectivity index (χ4v) is 1.79. The van der Waals surface area contributed by atoms with Gasteiger partial charge < -0.3 is 4.98 Å². The van der Waals surface area contributed by atoms with Crippen molar-refractivity contribution in [1.29, 1.82) is 0 Å². The van der Waals surface area contributed by atoms with Gasteiger partial charge in [-0.05, 0) is 24.3 Å². The van der Waals surface area contributed by atoms with Gasteiger partial charge in [-0.25, -0.2) is 0 Å². The van der Waals surface area contributed by atoms with Crippen LogP contribution in [0.1, 0.15) is 0 Å². The van der Waals surface area contributed by atoms with Gasteiger partial charge in [-0.15, -0.1) is 0 Å². The van der Waals surface area contributed by atoms with Crippen LogP contribution in [0.15, 0.2) is 53.7 Å². The van der Waals surface area contributed by atoms with Crippen LogP contribution in [0.25, 0.3) is 16.7 Å². The number of H-pyrrole nitrogens is 1. The SMILES string of the molecule is O=c1ccc2cnccc2n1-c1ccc[nH]1. The van der Waals surface area contributed by atoms with Gasteiger partial charge in [-0.1, -0.05) is 0 Å². The third-order valence-corrected chi connectivity index (χ3v) is 2.52. The molecule has 4 nitrogen and oxygen atoms in total. The summed E-state index contributed by atoms with van der Waals surface area (Å²) >= 11 is 0. The number of pyridine rings is 2. The molecular formula is C12H9N3O. The second-order valence-electron chi connectivity index (χ2n) is 3.50. The van der Waals surface area contributed by atoms with E-state index in [0.29, 0.717) is 0 Å². The molecule has 0 bridgehead atoms. The smallest absolute Gasteiger partial charge is 0.256 e. The molecule has 0 unspecified atom stereocenters. The van der Waals surface area contributed by atoms with Gasteiger partial charge >= 0.3 is 0 Å². The summed E-state index contributed by atoms with van der Waals surface area (Å²) in [6.07, 6.45) is 5.22. The molecule has 0 saturated carbocycles. The highest BCUT2D eigenvalue weighted by atomic mass is 16.1. The molecule has 3 aromatic rings. The van der Waals surface area contributed by atoms with E-state index in [2.05, 4.69) is 9.97 Å². The van der Waals surface area contributed by atoms with Crippen LogP contribution in [0.4, 0.5) is 0 Å². The molecule has 16 heavy (non-hydrogen) atoms. The summed E-state index contributed by atoms with van der Waals surface area (Å²) < 4.78 is 1.64. The van der Waals surface area contributed by atoms with E-state index in [0.717, 1.165) is 16.7 Å². The Morgan fingerprint density at radius 2 is 2.12 bits per heavy atom. The average Bonchev–Trinajstić information content (AvgIpc) is 2.82. The fraction of sp³-hybridized carbons (Fsp3) is 0. The van der Waals surface area contributed by atoms with Crippen LogP contribution in [0.5, 0.6) is 0 Å². The quantitative estimate of drug-likeness (QED) is 0.666. The van der Waals surface area contributed by atoms with E-state index >= 15 is 0 Å². The predicted molar refractivity (Wildman–Crippen MR) is 61.7 cm³/mol. The zero-order valence-electron chi connectivity index (χ0n) is 8.42. The van der Waals surface area contributed by atoms with Crippen molar-refractivity contribution in [1.82, 2.24) is 14.5 Å². The zero-order valence-corrected chi connectivity index (χ0v) is 8.42. The number of aromatic nitrogens is 3. The van der Waals surface area contributed by atoms with E-state index in [1.165, 1.54) is 0 Å². The van der Waals surface area contributed by atoms with Crippen molar-refractivity contribution in [3.63, 3.8) is 0 Å². The standard InChI is InChI=1S/C12H9N3O/c16-12-4-3-9-8-13-7-5-10(9)15(12)11-2-1-6-14-11/h1-8,14H. The van der Waals surface area contributed by atoms with Crippen molar-refractivity contribution in [3.05, 3.63) is 59.3 Å². The molecule has 78 valence electrons. The summed E-state index contributed by atoms with van der Waals surface area (Å²) in [4.78, 5) is 18.9. The first-order chi connectivity index (χ1) is 7.86. The summed E-state index contributed by atoms with van der Waals surface area (Å²) in [6, 6.07) is 8.88. The van der Waals surface area contributed by atoms with Crippen molar-refractivity contribution in [2.45, 2.75) is 0 Å². The van der Waals surface area contributed by atoms with Crippen LogP contribution >= 0.6 is 0 Å². The molecule has 1 N–H and O–H groups in total. The molecule has 3 rings (SSSR count). The van der Waals surface area contributed by atoms with Crippen molar-refractivity contribution < 1.29 is 0 Å². The second kappa shape index (κ2) is 3.34. The summed E-state index contributed by atoms with van der Waals surface area (Å²) in [5, 5.41) is 0.941. The third kappa shape index (κ3) is 1.24. The molecule has 4 heteroatoms. The second-order valence-corrected chi connectivity index (χ2v) is 3.50. The van der Waals surface area contributed by atoms with Crippen LogP contribution in [-0.4, -0.2) is 14.5 Å². The summed E-state index contributed by atoms with van der Waals surface area (Å²) in [7, 11) is 0. The Bertz CT molecular complexity index is 683.